The van der Waals surface area contributed by atoms with Crippen LogP contribution in [0.5, 0.6) is 0 Å². The van der Waals surface area contributed by atoms with Crippen molar-refractivity contribution in [2.75, 3.05) is 19.0 Å². The Kier molecular flexibility index (Phi) is 2.34. The normalized spacial score (nSPS) is 10.7. The van der Waals surface area contributed by atoms with Crippen LogP contribution in [0.4, 0.5) is 5.69 Å². The van der Waals surface area contributed by atoms with Crippen LogP contribution in [-0.4, -0.2) is 25.2 Å². The predicted octanol–water partition coefficient (Wildman–Crippen LogP) is 2.51. The number of furan rings is 1. The quantitative estimate of drug-likeness (QED) is 0.843. The number of carboxylic acids is 1. The molecule has 0 fully saturated rings. The maximum absolute atomic E-state index is 11.0. The molecule has 4 nitrogen and oxygen atoms in total. The minimum atomic E-state index is -0.950. The summed E-state index contributed by atoms with van der Waals surface area (Å²) in [6.45, 7) is 1.67. The molecule has 1 N–H and O–H groups in total. The van der Waals surface area contributed by atoms with Crippen LogP contribution in [0.2, 0.25) is 0 Å². The fraction of sp³-hybridized carbons (Fsp3) is 0.250. The number of fused-ring (bicyclic) bond motifs is 1. The second-order valence-electron chi connectivity index (χ2n) is 3.91. The molecule has 1 aromatic carbocycles. The molecule has 0 spiro atoms. The van der Waals surface area contributed by atoms with Gasteiger partial charge in [-0.1, -0.05) is 0 Å². The van der Waals surface area contributed by atoms with Crippen LogP contribution in [0.25, 0.3) is 11.0 Å². The van der Waals surface area contributed by atoms with E-state index in [1.165, 1.54) is 0 Å². The predicted molar refractivity (Wildman–Crippen MR) is 62.2 cm³/mol. The Morgan fingerprint density at radius 3 is 2.62 bits per heavy atom. The van der Waals surface area contributed by atoms with Gasteiger partial charge in [0, 0.05) is 31.2 Å². The molecule has 2 rings (SSSR count). The van der Waals surface area contributed by atoms with Crippen LogP contribution >= 0.6 is 0 Å². The highest BCUT2D eigenvalue weighted by Crippen LogP contribution is 2.28. The number of aryl methyl sites for hydroxylation is 1. The van der Waals surface area contributed by atoms with Crippen LogP contribution in [-0.2, 0) is 0 Å². The van der Waals surface area contributed by atoms with E-state index in [0.29, 0.717) is 16.7 Å². The summed E-state index contributed by atoms with van der Waals surface area (Å²) in [5.74, 6) is -0.507. The highest BCUT2D eigenvalue weighted by Gasteiger charge is 2.17. The SMILES string of the molecule is Cc1oc2cc(N(C)C)ccc2c1C(=O)O. The summed E-state index contributed by atoms with van der Waals surface area (Å²) in [7, 11) is 3.85. The zero-order valence-electron chi connectivity index (χ0n) is 9.44. The number of aromatic carboxylic acids is 1. The van der Waals surface area contributed by atoms with E-state index in [2.05, 4.69) is 0 Å². The molecule has 0 amide bonds. The molecule has 1 aromatic heterocycles. The first-order valence-corrected chi connectivity index (χ1v) is 4.94. The molecule has 0 saturated heterocycles. The maximum atomic E-state index is 11.0. The van der Waals surface area contributed by atoms with Crippen molar-refractivity contribution in [2.45, 2.75) is 6.92 Å². The molecule has 0 unspecified atom stereocenters. The van der Waals surface area contributed by atoms with Crippen molar-refractivity contribution < 1.29 is 14.3 Å². The molecule has 0 aliphatic carbocycles. The maximum Gasteiger partial charge on any atom is 0.339 e. The number of hydrogen-bond donors (Lipinski definition) is 1. The lowest BCUT2D eigenvalue weighted by atomic mass is 10.1. The topological polar surface area (TPSA) is 53.7 Å². The third-order valence-corrected chi connectivity index (χ3v) is 2.58. The summed E-state index contributed by atoms with van der Waals surface area (Å²) >= 11 is 0. The van der Waals surface area contributed by atoms with Crippen LogP contribution in [0, 0.1) is 6.92 Å². The van der Waals surface area contributed by atoms with Crippen molar-refractivity contribution >= 4 is 22.6 Å². The highest BCUT2D eigenvalue weighted by atomic mass is 16.4. The van der Waals surface area contributed by atoms with E-state index in [1.807, 2.05) is 31.1 Å². The molecule has 0 bridgehead atoms. The van der Waals surface area contributed by atoms with Crippen molar-refractivity contribution in [3.8, 4) is 0 Å². The van der Waals surface area contributed by atoms with E-state index >= 15 is 0 Å². The highest BCUT2D eigenvalue weighted by molar-refractivity contribution is 6.04. The average molecular weight is 219 g/mol. The van der Waals surface area contributed by atoms with E-state index < -0.39 is 5.97 Å². The molecule has 84 valence electrons. The van der Waals surface area contributed by atoms with E-state index in [4.69, 9.17) is 9.52 Å². The van der Waals surface area contributed by atoms with Crippen LogP contribution in [0.1, 0.15) is 16.1 Å². The Morgan fingerprint density at radius 2 is 2.06 bits per heavy atom. The van der Waals surface area contributed by atoms with Crippen molar-refractivity contribution in [2.24, 2.45) is 0 Å². The van der Waals surface area contributed by atoms with E-state index in [9.17, 15) is 4.79 Å². The molecule has 2 aromatic rings. The summed E-state index contributed by atoms with van der Waals surface area (Å²) in [5.41, 5.74) is 1.85. The number of rotatable bonds is 2. The molecule has 0 atom stereocenters. The fourth-order valence-corrected chi connectivity index (χ4v) is 1.75. The zero-order valence-corrected chi connectivity index (χ0v) is 9.44. The summed E-state index contributed by atoms with van der Waals surface area (Å²) < 4.78 is 5.44. The van der Waals surface area contributed by atoms with Gasteiger partial charge in [0.15, 0.2) is 0 Å². The monoisotopic (exact) mass is 219 g/mol. The third kappa shape index (κ3) is 1.52. The molecular formula is C12H13NO3. The second kappa shape index (κ2) is 3.56. The lowest BCUT2D eigenvalue weighted by Gasteiger charge is -2.11. The molecule has 0 saturated carbocycles. The number of nitrogens with zero attached hydrogens (tertiary/aromatic N) is 1. The molecule has 0 aliphatic rings. The van der Waals surface area contributed by atoms with Gasteiger partial charge in [-0.05, 0) is 19.1 Å². The van der Waals surface area contributed by atoms with Gasteiger partial charge in [-0.3, -0.25) is 0 Å². The van der Waals surface area contributed by atoms with Gasteiger partial charge in [0.25, 0.3) is 0 Å². The van der Waals surface area contributed by atoms with Gasteiger partial charge in [-0.2, -0.15) is 0 Å². The fourth-order valence-electron chi connectivity index (χ4n) is 1.75. The Balaban J connectivity index is 2.70. The van der Waals surface area contributed by atoms with Gasteiger partial charge in [0.05, 0.1) is 0 Å². The van der Waals surface area contributed by atoms with Gasteiger partial charge in [0.1, 0.15) is 16.9 Å². The Bertz CT molecular complexity index is 555. The van der Waals surface area contributed by atoms with Gasteiger partial charge in [-0.15, -0.1) is 0 Å². The van der Waals surface area contributed by atoms with E-state index in [1.54, 1.807) is 13.0 Å². The summed E-state index contributed by atoms with van der Waals surface area (Å²) in [5, 5.41) is 9.71. The van der Waals surface area contributed by atoms with Crippen molar-refractivity contribution in [1.29, 1.82) is 0 Å². The molecule has 1 heterocycles. The Labute approximate surface area is 93.1 Å². The number of benzene rings is 1. The first-order valence-electron chi connectivity index (χ1n) is 4.94. The molecular weight excluding hydrogens is 206 g/mol. The Morgan fingerprint density at radius 1 is 1.38 bits per heavy atom. The minimum absolute atomic E-state index is 0.250. The first-order chi connectivity index (χ1) is 7.50. The van der Waals surface area contributed by atoms with Gasteiger partial charge < -0.3 is 14.4 Å². The standard InChI is InChI=1S/C12H13NO3/c1-7-11(12(14)15)9-5-4-8(13(2)3)6-10(9)16-7/h4-6H,1-3H3,(H,14,15). The van der Waals surface area contributed by atoms with Crippen molar-refractivity contribution in [3.63, 3.8) is 0 Å². The number of anilines is 1. The third-order valence-electron chi connectivity index (χ3n) is 2.58. The largest absolute Gasteiger partial charge is 0.478 e. The molecule has 0 radical (unpaired) electrons. The van der Waals surface area contributed by atoms with E-state index in [0.717, 1.165) is 5.69 Å². The summed E-state index contributed by atoms with van der Waals surface area (Å²) in [6.07, 6.45) is 0. The van der Waals surface area contributed by atoms with Crippen molar-refractivity contribution in [1.82, 2.24) is 0 Å². The lowest BCUT2D eigenvalue weighted by Crippen LogP contribution is -2.07. The van der Waals surface area contributed by atoms with Gasteiger partial charge in [0.2, 0.25) is 0 Å². The van der Waals surface area contributed by atoms with Gasteiger partial charge >= 0.3 is 5.97 Å². The average Bonchev–Trinajstić information content (AvgIpc) is 2.51. The number of hydrogen-bond acceptors (Lipinski definition) is 3. The molecule has 16 heavy (non-hydrogen) atoms. The smallest absolute Gasteiger partial charge is 0.339 e. The van der Waals surface area contributed by atoms with Crippen LogP contribution in [0.3, 0.4) is 0 Å². The van der Waals surface area contributed by atoms with Crippen LogP contribution in [0.15, 0.2) is 22.6 Å². The zero-order chi connectivity index (χ0) is 11.9. The van der Waals surface area contributed by atoms with E-state index in [-0.39, 0.29) is 5.56 Å². The minimum Gasteiger partial charge on any atom is -0.478 e. The van der Waals surface area contributed by atoms with Crippen LogP contribution < -0.4 is 4.90 Å². The number of carbonyl (C=O) groups is 1. The van der Waals surface area contributed by atoms with Gasteiger partial charge in [-0.25, -0.2) is 4.79 Å². The second-order valence-corrected chi connectivity index (χ2v) is 3.91. The lowest BCUT2D eigenvalue weighted by molar-refractivity contribution is 0.0697. The number of carboxylic acid groups (broad SMARTS) is 1. The Hall–Kier alpha value is -1.97. The van der Waals surface area contributed by atoms with Crippen molar-refractivity contribution in [3.05, 3.63) is 29.5 Å². The summed E-state index contributed by atoms with van der Waals surface area (Å²) in [4.78, 5) is 13.0. The summed E-state index contributed by atoms with van der Waals surface area (Å²) in [6, 6.07) is 5.50. The molecule has 4 heteroatoms. The molecule has 0 aliphatic heterocycles. The first kappa shape index (κ1) is 10.5.